The zero-order chi connectivity index (χ0) is 34.8. The van der Waals surface area contributed by atoms with Gasteiger partial charge in [0.2, 0.25) is 17.2 Å². The molecule has 6 rings (SSSR count). The topological polar surface area (TPSA) is 102 Å². The molecule has 4 radical (unpaired) electrons. The molecular weight excluding hydrogens is 644 g/mol. The van der Waals surface area contributed by atoms with Crippen molar-refractivity contribution in [1.29, 1.82) is 0 Å². The molecule has 1 aromatic heterocycles. The van der Waals surface area contributed by atoms with Gasteiger partial charge >= 0.3 is 28.5 Å². The molecule has 2 aliphatic carbocycles. The maximum atomic E-state index is 15.2. The van der Waals surface area contributed by atoms with Crippen LogP contribution in [0.5, 0.6) is 29.0 Å². The SMILES string of the molecule is [B]Oc1ccc(C(c2ccc(O[B])c(-n3c(O)c4c(c3O)C3C=CC4C3)c2)(C(F)(F)F)C(F)(F)F)cc1NC(=O)c1ccc(OC)cc1. The van der Waals surface area contributed by atoms with E-state index in [0.717, 1.165) is 12.1 Å². The van der Waals surface area contributed by atoms with E-state index in [2.05, 4.69) is 9.97 Å². The van der Waals surface area contributed by atoms with E-state index in [-0.39, 0.29) is 17.4 Å². The second-order valence-corrected chi connectivity index (χ2v) is 11.2. The van der Waals surface area contributed by atoms with Gasteiger partial charge in [0.15, 0.2) is 0 Å². The molecule has 0 spiro atoms. The third-order valence-corrected chi connectivity index (χ3v) is 8.77. The Morgan fingerprint density at radius 3 is 1.83 bits per heavy atom. The average molecular weight is 666 g/mol. The Balaban J connectivity index is 1.54. The zero-order valence-corrected chi connectivity index (χ0v) is 24.7. The number of hydrogen-bond donors (Lipinski definition) is 3. The fourth-order valence-electron chi connectivity index (χ4n) is 6.58. The Hall–Kier alpha value is -5.14. The Bertz CT molecular complexity index is 1890. The van der Waals surface area contributed by atoms with Gasteiger partial charge in [0, 0.05) is 28.5 Å². The number of carbonyl (C=O) groups excluding carboxylic acids is 1. The molecule has 0 aliphatic heterocycles. The van der Waals surface area contributed by atoms with E-state index >= 15 is 26.3 Å². The smallest absolute Gasteiger partial charge is 0.411 e. The largest absolute Gasteiger partial charge is 0.566 e. The second kappa shape index (κ2) is 11.5. The van der Waals surface area contributed by atoms with Gasteiger partial charge < -0.3 is 29.6 Å². The molecule has 4 aromatic rings. The highest BCUT2D eigenvalue weighted by Gasteiger charge is 2.72. The highest BCUT2D eigenvalue weighted by Crippen LogP contribution is 2.60. The molecule has 0 saturated carbocycles. The van der Waals surface area contributed by atoms with E-state index in [1.54, 1.807) is 12.2 Å². The molecule has 16 heteroatoms. The number of carbonyl (C=O) groups is 1. The lowest BCUT2D eigenvalue weighted by Gasteiger charge is -2.39. The van der Waals surface area contributed by atoms with E-state index in [9.17, 15) is 15.0 Å². The van der Waals surface area contributed by atoms with Crippen molar-refractivity contribution in [2.45, 2.75) is 36.0 Å². The maximum Gasteiger partial charge on any atom is 0.411 e. The van der Waals surface area contributed by atoms with Crippen LogP contribution in [0.15, 0.2) is 72.8 Å². The van der Waals surface area contributed by atoms with Gasteiger partial charge in [0.25, 0.3) is 5.91 Å². The number of fused-ring (bicyclic) bond motifs is 5. The first-order valence-corrected chi connectivity index (χ1v) is 14.1. The molecule has 2 bridgehead atoms. The van der Waals surface area contributed by atoms with E-state index in [4.69, 9.17) is 25.5 Å². The van der Waals surface area contributed by atoms with Crippen molar-refractivity contribution in [1.82, 2.24) is 4.57 Å². The molecule has 2 unspecified atom stereocenters. The van der Waals surface area contributed by atoms with Crippen LogP contribution in [0.25, 0.3) is 5.69 Å². The zero-order valence-electron chi connectivity index (χ0n) is 24.7. The van der Waals surface area contributed by atoms with Crippen LogP contribution in [-0.2, 0) is 5.41 Å². The van der Waals surface area contributed by atoms with Crippen molar-refractivity contribution in [2.75, 3.05) is 12.4 Å². The summed E-state index contributed by atoms with van der Waals surface area (Å²) in [5.74, 6) is -3.22. The number of halogens is 6. The van der Waals surface area contributed by atoms with Gasteiger partial charge in [-0.3, -0.25) is 4.79 Å². The number of rotatable bonds is 8. The predicted octanol–water partition coefficient (Wildman–Crippen LogP) is 6.63. The van der Waals surface area contributed by atoms with Crippen molar-refractivity contribution in [3.63, 3.8) is 0 Å². The minimum atomic E-state index is -6.07. The highest BCUT2D eigenvalue weighted by molar-refractivity contribution is 6.06. The number of allylic oxidation sites excluding steroid dienone is 2. The third kappa shape index (κ3) is 4.84. The Labute approximate surface area is 271 Å². The van der Waals surface area contributed by atoms with Crippen LogP contribution in [0.3, 0.4) is 0 Å². The van der Waals surface area contributed by atoms with Gasteiger partial charge in [-0.2, -0.15) is 26.3 Å². The van der Waals surface area contributed by atoms with E-state index in [1.165, 1.54) is 31.4 Å². The molecule has 2 aliphatic rings. The van der Waals surface area contributed by atoms with Crippen LogP contribution >= 0.6 is 0 Å². The minimum absolute atomic E-state index is 0.00836. The average Bonchev–Trinajstić information content (AvgIpc) is 3.73. The summed E-state index contributed by atoms with van der Waals surface area (Å²) in [7, 11) is 12.0. The number of hydrogen-bond acceptors (Lipinski definition) is 6. The van der Waals surface area contributed by atoms with Crippen LogP contribution in [0.2, 0.25) is 0 Å². The van der Waals surface area contributed by atoms with Crippen LogP contribution in [0, 0.1) is 0 Å². The number of benzene rings is 3. The van der Waals surface area contributed by atoms with Crippen molar-refractivity contribution in [3.05, 3.63) is 101 Å². The summed E-state index contributed by atoms with van der Waals surface area (Å²) in [4.78, 5) is 13.0. The monoisotopic (exact) mass is 666 g/mol. The molecule has 0 saturated heterocycles. The standard InChI is InChI=1S/C32H22B2F6N2O6/c1-46-20-8-4-15(5-9-20)27(43)41-21-13-18(6-10-23(21)47-33)30(31(35,36)37,32(38,39)40)19-7-11-24(48-34)22(14-19)42-28(44)25-16-2-3-17(12-16)26(25)29(42)45/h2-11,13-14,16-17,44-45H,12H2,1H3,(H,41,43). The molecule has 1 heterocycles. The van der Waals surface area contributed by atoms with E-state index in [1.807, 2.05) is 0 Å². The molecule has 3 N–H and O–H groups in total. The van der Waals surface area contributed by atoms with Crippen LogP contribution in [0.1, 0.15) is 50.9 Å². The number of aromatic hydroxyl groups is 2. The first-order valence-electron chi connectivity index (χ1n) is 14.1. The summed E-state index contributed by atoms with van der Waals surface area (Å²) in [6.45, 7) is 0. The number of alkyl halides is 6. The quantitative estimate of drug-likeness (QED) is 0.111. The van der Waals surface area contributed by atoms with Gasteiger partial charge in [-0.25, -0.2) is 4.57 Å². The summed E-state index contributed by atoms with van der Waals surface area (Å²) >= 11 is 0. The molecule has 3 aromatic carbocycles. The van der Waals surface area contributed by atoms with Crippen LogP contribution < -0.4 is 19.4 Å². The van der Waals surface area contributed by atoms with Gasteiger partial charge in [-0.1, -0.05) is 24.3 Å². The van der Waals surface area contributed by atoms with E-state index in [0.29, 0.717) is 52.1 Å². The fourth-order valence-corrected chi connectivity index (χ4v) is 6.58. The van der Waals surface area contributed by atoms with Gasteiger partial charge in [-0.05, 0) is 66.1 Å². The Morgan fingerprint density at radius 2 is 1.33 bits per heavy atom. The summed E-state index contributed by atoms with van der Waals surface area (Å²) < 4.78 is 107. The fraction of sp³-hybridized carbons (Fsp3) is 0.219. The maximum absolute atomic E-state index is 15.2. The highest BCUT2D eigenvalue weighted by atomic mass is 19.4. The number of nitrogens with zero attached hydrogens (tertiary/aromatic N) is 1. The molecular formula is C32H22B2F6N2O6. The number of aromatic nitrogens is 1. The molecule has 8 nitrogen and oxygen atoms in total. The lowest BCUT2D eigenvalue weighted by molar-refractivity contribution is -0.288. The normalized spacial score (nSPS) is 16.9. The number of amides is 1. The Morgan fingerprint density at radius 1 is 0.812 bits per heavy atom. The third-order valence-electron chi connectivity index (χ3n) is 8.77. The van der Waals surface area contributed by atoms with E-state index < -0.39 is 69.4 Å². The van der Waals surface area contributed by atoms with Crippen molar-refractivity contribution < 1.29 is 55.4 Å². The van der Waals surface area contributed by atoms with Gasteiger partial charge in [0.1, 0.15) is 17.2 Å². The lowest BCUT2D eigenvalue weighted by Crippen LogP contribution is -2.54. The lowest BCUT2D eigenvalue weighted by atomic mass is 9.72. The number of nitrogens with one attached hydrogen (secondary N) is 1. The number of methoxy groups -OCH3 is 1. The first-order chi connectivity index (χ1) is 22.7. The van der Waals surface area contributed by atoms with Gasteiger partial charge in [0.05, 0.1) is 18.5 Å². The van der Waals surface area contributed by atoms with Crippen LogP contribution in [-0.4, -0.2) is 56.2 Å². The van der Waals surface area contributed by atoms with Crippen molar-refractivity contribution in [3.8, 4) is 34.7 Å². The first kappa shape index (κ1) is 32.8. The molecule has 48 heavy (non-hydrogen) atoms. The number of ether oxygens (including phenoxy) is 1. The van der Waals surface area contributed by atoms with Crippen molar-refractivity contribution >= 4 is 27.7 Å². The van der Waals surface area contributed by atoms with Crippen molar-refractivity contribution in [2.24, 2.45) is 0 Å². The van der Waals surface area contributed by atoms with Gasteiger partial charge in [-0.15, -0.1) is 0 Å². The Kier molecular flexibility index (Phi) is 7.87. The number of anilines is 1. The predicted molar refractivity (Wildman–Crippen MR) is 161 cm³/mol. The summed E-state index contributed by atoms with van der Waals surface area (Å²) in [6, 6.07) is 8.98. The summed E-state index contributed by atoms with van der Waals surface area (Å²) in [5.41, 5.74) is -8.11. The molecule has 0 fully saturated rings. The minimum Gasteiger partial charge on any atom is -0.566 e. The van der Waals surface area contributed by atoms with Crippen LogP contribution in [0.4, 0.5) is 32.0 Å². The molecule has 1 amide bonds. The second-order valence-electron chi connectivity index (χ2n) is 11.2. The summed E-state index contributed by atoms with van der Waals surface area (Å²) in [6.07, 6.45) is -8.03. The summed E-state index contributed by atoms with van der Waals surface area (Å²) in [5, 5.41) is 24.5. The molecule has 2 atom stereocenters. The molecule has 244 valence electrons.